The zero-order valence-electron chi connectivity index (χ0n) is 8.82. The first-order chi connectivity index (χ1) is 6.68. The highest BCUT2D eigenvalue weighted by molar-refractivity contribution is 5.80. The molecule has 0 saturated carbocycles. The van der Waals surface area contributed by atoms with E-state index in [2.05, 4.69) is 12.2 Å². The second-order valence-electron chi connectivity index (χ2n) is 4.34. The molecule has 1 N–H and O–H groups in total. The molecule has 0 aromatic heterocycles. The molecule has 14 heavy (non-hydrogen) atoms. The normalized spacial score (nSPS) is 34.0. The van der Waals surface area contributed by atoms with E-state index < -0.39 is 0 Å². The molecule has 0 aromatic carbocycles. The van der Waals surface area contributed by atoms with Gasteiger partial charge in [-0.3, -0.25) is 4.79 Å². The Hall–Kier alpha value is -0.610. The van der Waals surface area contributed by atoms with Gasteiger partial charge in [-0.15, -0.1) is 0 Å². The molecular weight excluding hydrogens is 180 g/mol. The molecule has 2 heterocycles. The molecule has 1 amide bonds. The molecule has 0 aliphatic carbocycles. The number of nitrogens with one attached hydrogen (secondary N) is 1. The summed E-state index contributed by atoms with van der Waals surface area (Å²) in [6.07, 6.45) is 0.184. The van der Waals surface area contributed by atoms with E-state index in [1.807, 2.05) is 11.8 Å². The molecule has 2 atom stereocenters. The Morgan fingerprint density at radius 2 is 2.14 bits per heavy atom. The van der Waals surface area contributed by atoms with Crippen LogP contribution in [0, 0.1) is 5.92 Å². The predicted octanol–water partition coefficient (Wildman–Crippen LogP) is -0.158. The number of nitrogens with zero attached hydrogens (tertiary/aromatic N) is 1. The summed E-state index contributed by atoms with van der Waals surface area (Å²) in [5.74, 6) is 0.508. The summed E-state index contributed by atoms with van der Waals surface area (Å²) in [6.45, 7) is 7.18. The van der Waals surface area contributed by atoms with Crippen LogP contribution in [0.15, 0.2) is 0 Å². The second-order valence-corrected chi connectivity index (χ2v) is 4.34. The van der Waals surface area contributed by atoms with Crippen molar-refractivity contribution in [2.75, 3.05) is 26.2 Å². The molecule has 2 fully saturated rings. The van der Waals surface area contributed by atoms with Gasteiger partial charge in [-0.1, -0.05) is 0 Å². The number of ether oxygens (including phenoxy) is 1. The zero-order valence-corrected chi connectivity index (χ0v) is 8.82. The first kappa shape index (κ1) is 9.93. The third-order valence-electron chi connectivity index (χ3n) is 3.02. The van der Waals surface area contributed by atoms with Crippen molar-refractivity contribution in [2.45, 2.75) is 26.0 Å². The summed E-state index contributed by atoms with van der Waals surface area (Å²) >= 11 is 0. The first-order valence-electron chi connectivity index (χ1n) is 5.31. The standard InChI is InChI=1S/C10H18N2O2/c1-7-6-14-8(2)5-12(7)10(13)9-3-11-4-9/h7-9,11H,3-6H2,1-2H3. The predicted molar refractivity (Wildman–Crippen MR) is 52.9 cm³/mol. The lowest BCUT2D eigenvalue weighted by Crippen LogP contribution is -2.58. The molecule has 0 aromatic rings. The molecule has 2 aliphatic rings. The minimum absolute atomic E-state index is 0.184. The molecule has 0 bridgehead atoms. The van der Waals surface area contributed by atoms with Crippen LogP contribution in [0.5, 0.6) is 0 Å². The van der Waals surface area contributed by atoms with E-state index in [0.717, 1.165) is 19.6 Å². The van der Waals surface area contributed by atoms with Crippen LogP contribution in [0.3, 0.4) is 0 Å². The highest BCUT2D eigenvalue weighted by Gasteiger charge is 2.34. The van der Waals surface area contributed by atoms with Gasteiger partial charge < -0.3 is 15.0 Å². The van der Waals surface area contributed by atoms with E-state index in [9.17, 15) is 4.79 Å². The third-order valence-corrected chi connectivity index (χ3v) is 3.02. The molecule has 2 aliphatic heterocycles. The van der Waals surface area contributed by atoms with Gasteiger partial charge in [0.1, 0.15) is 0 Å². The van der Waals surface area contributed by atoms with Crippen LogP contribution in [0.1, 0.15) is 13.8 Å². The van der Waals surface area contributed by atoms with Crippen molar-refractivity contribution < 1.29 is 9.53 Å². The van der Waals surface area contributed by atoms with Crippen molar-refractivity contribution in [1.29, 1.82) is 0 Å². The van der Waals surface area contributed by atoms with Gasteiger partial charge in [-0.05, 0) is 13.8 Å². The fourth-order valence-electron chi connectivity index (χ4n) is 1.91. The van der Waals surface area contributed by atoms with Gasteiger partial charge in [-0.2, -0.15) is 0 Å². The molecule has 80 valence electrons. The van der Waals surface area contributed by atoms with Gasteiger partial charge in [0.15, 0.2) is 0 Å². The lowest BCUT2D eigenvalue weighted by Gasteiger charge is -2.40. The number of amides is 1. The molecule has 4 nitrogen and oxygen atoms in total. The van der Waals surface area contributed by atoms with E-state index in [4.69, 9.17) is 4.74 Å². The maximum Gasteiger partial charge on any atom is 0.228 e. The average molecular weight is 198 g/mol. The van der Waals surface area contributed by atoms with Crippen LogP contribution in [0.2, 0.25) is 0 Å². The van der Waals surface area contributed by atoms with Crippen LogP contribution < -0.4 is 5.32 Å². The monoisotopic (exact) mass is 198 g/mol. The molecule has 4 heteroatoms. The first-order valence-corrected chi connectivity index (χ1v) is 5.31. The second kappa shape index (κ2) is 3.87. The summed E-state index contributed by atoms with van der Waals surface area (Å²) in [5, 5.41) is 3.13. The minimum Gasteiger partial charge on any atom is -0.375 e. The molecule has 0 radical (unpaired) electrons. The molecule has 2 unspecified atom stereocenters. The average Bonchev–Trinajstić information content (AvgIpc) is 2.06. The molecule has 2 rings (SSSR count). The fraction of sp³-hybridized carbons (Fsp3) is 0.900. The summed E-state index contributed by atoms with van der Waals surface area (Å²) < 4.78 is 5.49. The van der Waals surface area contributed by atoms with Gasteiger partial charge in [0.25, 0.3) is 0 Å². The summed E-state index contributed by atoms with van der Waals surface area (Å²) in [6, 6.07) is 0.235. The van der Waals surface area contributed by atoms with Crippen molar-refractivity contribution in [3.63, 3.8) is 0 Å². The summed E-state index contributed by atoms with van der Waals surface area (Å²) in [5.41, 5.74) is 0. The van der Waals surface area contributed by atoms with Crippen LogP contribution in [-0.2, 0) is 9.53 Å². The van der Waals surface area contributed by atoms with E-state index in [1.54, 1.807) is 0 Å². The van der Waals surface area contributed by atoms with E-state index in [1.165, 1.54) is 0 Å². The number of carbonyl (C=O) groups excluding carboxylic acids is 1. The SMILES string of the molecule is CC1CN(C(=O)C2CNC2)C(C)CO1. The Bertz CT molecular complexity index is 228. The van der Waals surface area contributed by atoms with Crippen LogP contribution in [-0.4, -0.2) is 49.2 Å². The van der Waals surface area contributed by atoms with Gasteiger partial charge in [0.05, 0.1) is 24.7 Å². The summed E-state index contributed by atoms with van der Waals surface area (Å²) in [4.78, 5) is 13.9. The smallest absolute Gasteiger partial charge is 0.228 e. The minimum atomic E-state index is 0.184. The van der Waals surface area contributed by atoms with Crippen molar-refractivity contribution in [3.05, 3.63) is 0 Å². The fourth-order valence-corrected chi connectivity index (χ4v) is 1.91. The quantitative estimate of drug-likeness (QED) is 0.636. The Morgan fingerprint density at radius 3 is 2.71 bits per heavy atom. The van der Waals surface area contributed by atoms with Gasteiger partial charge in [0.2, 0.25) is 5.91 Å². The number of morpholine rings is 1. The van der Waals surface area contributed by atoms with E-state index >= 15 is 0 Å². The van der Waals surface area contributed by atoms with Crippen LogP contribution in [0.25, 0.3) is 0 Å². The Balaban J connectivity index is 1.96. The Labute approximate surface area is 84.6 Å². The van der Waals surface area contributed by atoms with Crippen LogP contribution in [0.4, 0.5) is 0 Å². The summed E-state index contributed by atoms with van der Waals surface area (Å²) in [7, 11) is 0. The van der Waals surface area contributed by atoms with Crippen molar-refractivity contribution >= 4 is 5.91 Å². The highest BCUT2D eigenvalue weighted by Crippen LogP contribution is 2.16. The largest absolute Gasteiger partial charge is 0.375 e. The van der Waals surface area contributed by atoms with E-state index in [0.29, 0.717) is 12.5 Å². The van der Waals surface area contributed by atoms with Crippen molar-refractivity contribution in [1.82, 2.24) is 10.2 Å². The lowest BCUT2D eigenvalue weighted by molar-refractivity contribution is -0.149. The van der Waals surface area contributed by atoms with Crippen molar-refractivity contribution in [3.8, 4) is 0 Å². The number of hydrogen-bond acceptors (Lipinski definition) is 3. The van der Waals surface area contributed by atoms with Gasteiger partial charge >= 0.3 is 0 Å². The number of rotatable bonds is 1. The van der Waals surface area contributed by atoms with Gasteiger partial charge in [-0.25, -0.2) is 0 Å². The zero-order chi connectivity index (χ0) is 10.1. The lowest BCUT2D eigenvalue weighted by atomic mass is 10.00. The highest BCUT2D eigenvalue weighted by atomic mass is 16.5. The maximum absolute atomic E-state index is 12.0. The molecular formula is C10H18N2O2. The Morgan fingerprint density at radius 1 is 1.43 bits per heavy atom. The molecule has 0 spiro atoms. The number of carbonyl (C=O) groups is 1. The maximum atomic E-state index is 12.0. The number of hydrogen-bond donors (Lipinski definition) is 1. The van der Waals surface area contributed by atoms with Crippen molar-refractivity contribution in [2.24, 2.45) is 5.92 Å². The Kier molecular flexibility index (Phi) is 2.74. The third kappa shape index (κ3) is 1.77. The molecule has 2 saturated heterocycles. The van der Waals surface area contributed by atoms with Gasteiger partial charge in [0, 0.05) is 19.6 Å². The van der Waals surface area contributed by atoms with E-state index in [-0.39, 0.29) is 18.1 Å². The topological polar surface area (TPSA) is 41.6 Å². The van der Waals surface area contributed by atoms with Crippen LogP contribution >= 0.6 is 0 Å².